The highest BCUT2D eigenvalue weighted by Gasteiger charge is 2.22. The maximum absolute atomic E-state index is 5.21. The summed E-state index contributed by atoms with van der Waals surface area (Å²) in [7, 11) is 0. The standard InChI is InChI=1S/C50H32N4S/c1-3-15-33(16-4-1)45-30-46(36-31-51-49(52-32-36)34-17-5-2-6-18-34)54-50(53-45)35-27-28-41-39-21-8-7-19-37(39)38-20-9-10-22-40(38)42-23-11-13-25-47(42)55-48-26-14-12-24-43(48)44(41)29-35/h1-32H. The Balaban J connectivity index is 1.19. The summed E-state index contributed by atoms with van der Waals surface area (Å²) in [6, 6.07) is 64.0. The molecule has 1 aliphatic heterocycles. The smallest absolute Gasteiger partial charge is 0.160 e. The molecule has 5 heteroatoms. The minimum atomic E-state index is 0.634. The van der Waals surface area contributed by atoms with Crippen molar-refractivity contribution in [1.29, 1.82) is 0 Å². The predicted molar refractivity (Wildman–Crippen MR) is 225 cm³/mol. The van der Waals surface area contributed by atoms with E-state index in [0.717, 1.165) is 50.3 Å². The Morgan fingerprint density at radius 1 is 0.291 bits per heavy atom. The van der Waals surface area contributed by atoms with Gasteiger partial charge in [0.2, 0.25) is 0 Å². The third-order valence-corrected chi connectivity index (χ3v) is 11.2. The molecule has 0 N–H and O–H groups in total. The van der Waals surface area contributed by atoms with Gasteiger partial charge in [0.1, 0.15) is 0 Å². The summed E-state index contributed by atoms with van der Waals surface area (Å²) in [5, 5.41) is 0. The van der Waals surface area contributed by atoms with Crippen LogP contribution in [-0.2, 0) is 0 Å². The average Bonchev–Trinajstić information content (AvgIpc) is 3.28. The van der Waals surface area contributed by atoms with Crippen LogP contribution in [0.2, 0.25) is 0 Å². The molecule has 55 heavy (non-hydrogen) atoms. The van der Waals surface area contributed by atoms with Crippen molar-refractivity contribution in [3.63, 3.8) is 0 Å². The summed E-state index contributed by atoms with van der Waals surface area (Å²) >= 11 is 1.81. The van der Waals surface area contributed by atoms with Gasteiger partial charge in [0, 0.05) is 44.4 Å². The lowest BCUT2D eigenvalue weighted by Crippen LogP contribution is -1.98. The van der Waals surface area contributed by atoms with Gasteiger partial charge in [0.25, 0.3) is 0 Å². The fourth-order valence-electron chi connectivity index (χ4n) is 7.40. The molecule has 0 bridgehead atoms. The van der Waals surface area contributed by atoms with Crippen molar-refractivity contribution < 1.29 is 0 Å². The quantitative estimate of drug-likeness (QED) is 0.181. The van der Waals surface area contributed by atoms with Crippen LogP contribution in [0, 0.1) is 0 Å². The highest BCUT2D eigenvalue weighted by molar-refractivity contribution is 7.99. The molecule has 258 valence electrons. The molecule has 9 aromatic rings. The molecule has 0 fully saturated rings. The fourth-order valence-corrected chi connectivity index (χ4v) is 8.51. The van der Waals surface area contributed by atoms with E-state index >= 15 is 0 Å². The topological polar surface area (TPSA) is 51.6 Å². The van der Waals surface area contributed by atoms with Crippen LogP contribution in [0.25, 0.3) is 89.8 Å². The lowest BCUT2D eigenvalue weighted by atomic mass is 9.86. The number of rotatable bonds is 4. The molecule has 1 aliphatic rings. The van der Waals surface area contributed by atoms with E-state index in [9.17, 15) is 0 Å². The molecule has 0 aliphatic carbocycles. The van der Waals surface area contributed by atoms with Crippen LogP contribution < -0.4 is 0 Å². The van der Waals surface area contributed by atoms with Crippen LogP contribution in [0.1, 0.15) is 0 Å². The molecular formula is C50H32N4S. The molecule has 4 nitrogen and oxygen atoms in total. The van der Waals surface area contributed by atoms with Crippen molar-refractivity contribution in [3.8, 4) is 89.8 Å². The largest absolute Gasteiger partial charge is 0.236 e. The van der Waals surface area contributed by atoms with Crippen LogP contribution >= 0.6 is 11.8 Å². The van der Waals surface area contributed by atoms with E-state index in [0.29, 0.717) is 11.6 Å². The normalized spacial score (nSPS) is 11.6. The monoisotopic (exact) mass is 720 g/mol. The first kappa shape index (κ1) is 32.7. The van der Waals surface area contributed by atoms with E-state index < -0.39 is 0 Å². The summed E-state index contributed by atoms with van der Waals surface area (Å²) in [5.74, 6) is 1.31. The summed E-state index contributed by atoms with van der Waals surface area (Å²) < 4.78 is 0. The lowest BCUT2D eigenvalue weighted by Gasteiger charge is -2.18. The van der Waals surface area contributed by atoms with Gasteiger partial charge in [0.15, 0.2) is 11.6 Å². The number of hydrogen-bond donors (Lipinski definition) is 0. The van der Waals surface area contributed by atoms with Crippen LogP contribution in [-0.4, -0.2) is 19.9 Å². The Kier molecular flexibility index (Phi) is 8.39. The second-order valence-corrected chi connectivity index (χ2v) is 14.5. The minimum absolute atomic E-state index is 0.634. The number of aromatic nitrogens is 4. The highest BCUT2D eigenvalue weighted by Crippen LogP contribution is 2.49. The molecule has 10 rings (SSSR count). The van der Waals surface area contributed by atoms with Crippen molar-refractivity contribution >= 4 is 11.8 Å². The van der Waals surface area contributed by atoms with E-state index in [1.54, 1.807) is 0 Å². The zero-order valence-corrected chi connectivity index (χ0v) is 30.5. The Morgan fingerprint density at radius 2 is 0.727 bits per heavy atom. The molecule has 2 aromatic heterocycles. The average molecular weight is 721 g/mol. The van der Waals surface area contributed by atoms with Gasteiger partial charge in [-0.2, -0.15) is 0 Å². The van der Waals surface area contributed by atoms with Gasteiger partial charge in [-0.3, -0.25) is 0 Å². The number of nitrogens with zero attached hydrogens (tertiary/aromatic N) is 4. The second-order valence-electron chi connectivity index (χ2n) is 13.4. The zero-order valence-electron chi connectivity index (χ0n) is 29.7. The summed E-state index contributed by atoms with van der Waals surface area (Å²) in [5.41, 5.74) is 14.8. The summed E-state index contributed by atoms with van der Waals surface area (Å²) in [4.78, 5) is 22.3. The third-order valence-electron chi connectivity index (χ3n) is 10.1. The van der Waals surface area contributed by atoms with Gasteiger partial charge in [-0.25, -0.2) is 19.9 Å². The molecule has 3 heterocycles. The molecule has 0 unspecified atom stereocenters. The highest BCUT2D eigenvalue weighted by atomic mass is 32.2. The van der Waals surface area contributed by atoms with Crippen molar-refractivity contribution in [2.24, 2.45) is 0 Å². The molecule has 0 saturated heterocycles. The van der Waals surface area contributed by atoms with Crippen molar-refractivity contribution in [1.82, 2.24) is 19.9 Å². The Morgan fingerprint density at radius 3 is 1.31 bits per heavy atom. The van der Waals surface area contributed by atoms with E-state index in [-0.39, 0.29) is 0 Å². The van der Waals surface area contributed by atoms with Gasteiger partial charge < -0.3 is 0 Å². The van der Waals surface area contributed by atoms with Crippen LogP contribution in [0.4, 0.5) is 0 Å². The number of hydrogen-bond acceptors (Lipinski definition) is 5. The van der Waals surface area contributed by atoms with Gasteiger partial charge in [-0.1, -0.05) is 169 Å². The Labute approximate surface area is 324 Å². The lowest BCUT2D eigenvalue weighted by molar-refractivity contribution is 1.14. The second kappa shape index (κ2) is 14.1. The van der Waals surface area contributed by atoms with Crippen molar-refractivity contribution in [3.05, 3.63) is 194 Å². The Bertz CT molecular complexity index is 2840. The molecule has 0 atom stereocenters. The molecular weight excluding hydrogens is 689 g/mol. The van der Waals surface area contributed by atoms with E-state index in [1.807, 2.05) is 78.8 Å². The van der Waals surface area contributed by atoms with Crippen molar-refractivity contribution in [2.75, 3.05) is 0 Å². The third kappa shape index (κ3) is 6.21. The minimum Gasteiger partial charge on any atom is -0.236 e. The SMILES string of the molecule is c1ccc(-c2cc(-c3cnc(-c4ccccc4)nc3)nc(-c3ccc4c(c3)-c3ccccc3Sc3ccccc3-c3ccccc3-c3ccccc3-4)n2)cc1. The molecule has 0 radical (unpaired) electrons. The van der Waals surface area contributed by atoms with Gasteiger partial charge in [0.05, 0.1) is 11.4 Å². The van der Waals surface area contributed by atoms with Crippen LogP contribution in [0.5, 0.6) is 0 Å². The summed E-state index contributed by atoms with van der Waals surface area (Å²) in [6.45, 7) is 0. The van der Waals surface area contributed by atoms with E-state index in [1.165, 1.54) is 37.6 Å². The van der Waals surface area contributed by atoms with Gasteiger partial charge in [-0.05, 0) is 68.8 Å². The van der Waals surface area contributed by atoms with Gasteiger partial charge >= 0.3 is 0 Å². The molecule has 0 spiro atoms. The molecule has 0 amide bonds. The molecule has 0 saturated carbocycles. The van der Waals surface area contributed by atoms with Crippen molar-refractivity contribution in [2.45, 2.75) is 9.79 Å². The van der Waals surface area contributed by atoms with Gasteiger partial charge in [-0.15, -0.1) is 0 Å². The Hall–Kier alpha value is -6.95. The maximum Gasteiger partial charge on any atom is 0.160 e. The number of benzene rings is 7. The predicted octanol–water partition coefficient (Wildman–Crippen LogP) is 13.1. The van der Waals surface area contributed by atoms with E-state index in [2.05, 4.69) is 127 Å². The number of fused-ring (bicyclic) bond motifs is 9. The molecule has 7 aromatic carbocycles. The fraction of sp³-hybridized carbons (Fsp3) is 0. The first-order valence-electron chi connectivity index (χ1n) is 18.3. The van der Waals surface area contributed by atoms with E-state index in [4.69, 9.17) is 19.9 Å². The van der Waals surface area contributed by atoms with Crippen LogP contribution in [0.3, 0.4) is 0 Å². The van der Waals surface area contributed by atoms with Crippen LogP contribution in [0.15, 0.2) is 204 Å². The first-order valence-corrected chi connectivity index (χ1v) is 19.1. The first-order chi connectivity index (χ1) is 27.3. The maximum atomic E-state index is 5.21. The zero-order chi connectivity index (χ0) is 36.6. The summed E-state index contributed by atoms with van der Waals surface area (Å²) in [6.07, 6.45) is 3.71.